The summed E-state index contributed by atoms with van der Waals surface area (Å²) >= 11 is 0. The number of nitrogens with zero attached hydrogens (tertiary/aromatic N) is 2. The van der Waals surface area contributed by atoms with Crippen LogP contribution in [-0.2, 0) is 24.0 Å². The number of hydrogen-bond acceptors (Lipinski definition) is 7. The van der Waals surface area contributed by atoms with Gasteiger partial charge in [0.25, 0.3) is 0 Å². The SMILES string of the molecule is C/C(=N\O[C@@H]1C[C@H]2C(=O)N[C@]3(C(=O)O)C[C@H]3/C=C\CCCCC[C@H](NC(=O)OC3CCCC3)C(=O)N2C1)c1ccccc1. The molecule has 2 heterocycles. The van der Waals surface area contributed by atoms with E-state index in [1.165, 1.54) is 4.90 Å². The Balaban J connectivity index is 1.37. The summed E-state index contributed by atoms with van der Waals surface area (Å²) in [6, 6.07) is 7.64. The summed E-state index contributed by atoms with van der Waals surface area (Å²) in [7, 11) is 0. The number of benzene rings is 1. The summed E-state index contributed by atoms with van der Waals surface area (Å²) in [6.07, 6.45) is 10.1. The van der Waals surface area contributed by atoms with Gasteiger partial charge in [0.15, 0.2) is 0 Å². The van der Waals surface area contributed by atoms with Gasteiger partial charge in [-0.1, -0.05) is 60.5 Å². The molecule has 0 aromatic heterocycles. The lowest BCUT2D eigenvalue weighted by molar-refractivity contribution is -0.145. The molecular weight excluding hydrogens is 552 g/mol. The molecule has 1 saturated heterocycles. The number of aliphatic carboxylic acids is 1. The van der Waals surface area contributed by atoms with Crippen molar-refractivity contribution in [2.45, 2.75) is 107 Å². The maximum atomic E-state index is 14.0. The second-order valence-electron chi connectivity index (χ2n) is 12.2. The summed E-state index contributed by atoms with van der Waals surface area (Å²) < 4.78 is 5.59. The summed E-state index contributed by atoms with van der Waals surface area (Å²) in [6.45, 7) is 1.89. The Labute approximate surface area is 252 Å². The van der Waals surface area contributed by atoms with Crippen molar-refractivity contribution in [2.75, 3.05) is 6.54 Å². The molecule has 5 atom stereocenters. The van der Waals surface area contributed by atoms with E-state index in [-0.39, 0.29) is 25.0 Å². The van der Waals surface area contributed by atoms with Crippen LogP contribution in [0.15, 0.2) is 47.6 Å². The lowest BCUT2D eigenvalue weighted by atomic mass is 10.0. The van der Waals surface area contributed by atoms with Gasteiger partial charge in [-0.05, 0) is 63.9 Å². The van der Waals surface area contributed by atoms with Crippen LogP contribution in [0.5, 0.6) is 0 Å². The molecule has 2 aliphatic heterocycles. The maximum absolute atomic E-state index is 14.0. The predicted molar refractivity (Wildman–Crippen MR) is 158 cm³/mol. The topological polar surface area (TPSA) is 147 Å². The van der Waals surface area contributed by atoms with Crippen LogP contribution in [0.4, 0.5) is 4.79 Å². The van der Waals surface area contributed by atoms with Crippen LogP contribution in [0.25, 0.3) is 0 Å². The molecule has 0 bridgehead atoms. The van der Waals surface area contributed by atoms with Gasteiger partial charge in [0, 0.05) is 12.3 Å². The van der Waals surface area contributed by atoms with Crippen LogP contribution in [0.3, 0.4) is 0 Å². The summed E-state index contributed by atoms with van der Waals surface area (Å²) in [5.74, 6) is -2.37. The zero-order valence-corrected chi connectivity index (χ0v) is 24.7. The number of hydrogen-bond donors (Lipinski definition) is 3. The molecule has 3 fully saturated rings. The summed E-state index contributed by atoms with van der Waals surface area (Å²) in [5, 5.41) is 19.8. The van der Waals surface area contributed by atoms with Crippen molar-refractivity contribution in [1.82, 2.24) is 15.5 Å². The molecule has 2 saturated carbocycles. The Kier molecular flexibility index (Phi) is 9.67. The average molecular weight is 595 g/mol. The fourth-order valence-electron chi connectivity index (χ4n) is 6.36. The van der Waals surface area contributed by atoms with Gasteiger partial charge in [-0.3, -0.25) is 9.59 Å². The van der Waals surface area contributed by atoms with E-state index in [0.29, 0.717) is 25.0 Å². The van der Waals surface area contributed by atoms with Crippen molar-refractivity contribution >= 4 is 29.6 Å². The number of carbonyl (C=O) groups excluding carboxylic acids is 3. The molecule has 5 rings (SSSR count). The number of carboxylic acids is 1. The third-order valence-corrected chi connectivity index (χ3v) is 9.02. The molecule has 0 unspecified atom stereocenters. The Morgan fingerprint density at radius 2 is 1.79 bits per heavy atom. The van der Waals surface area contributed by atoms with E-state index in [1.807, 2.05) is 49.4 Å². The monoisotopic (exact) mass is 594 g/mol. The van der Waals surface area contributed by atoms with Gasteiger partial charge in [-0.2, -0.15) is 0 Å². The molecule has 11 nitrogen and oxygen atoms in total. The Morgan fingerprint density at radius 3 is 2.53 bits per heavy atom. The van der Waals surface area contributed by atoms with Crippen LogP contribution >= 0.6 is 0 Å². The second kappa shape index (κ2) is 13.6. The highest BCUT2D eigenvalue weighted by Crippen LogP contribution is 2.45. The molecule has 0 radical (unpaired) electrons. The minimum Gasteiger partial charge on any atom is -0.479 e. The second-order valence-corrected chi connectivity index (χ2v) is 12.2. The molecule has 43 heavy (non-hydrogen) atoms. The number of fused-ring (bicyclic) bond motifs is 2. The normalized spacial score (nSPS) is 31.1. The molecule has 3 N–H and O–H groups in total. The van der Waals surface area contributed by atoms with Gasteiger partial charge in [-0.15, -0.1) is 0 Å². The molecule has 1 aromatic carbocycles. The average Bonchev–Trinajstić information content (AvgIpc) is 3.29. The van der Waals surface area contributed by atoms with Gasteiger partial charge in [0.1, 0.15) is 29.8 Å². The lowest BCUT2D eigenvalue weighted by Crippen LogP contribution is -2.56. The number of allylic oxidation sites excluding steroid dienone is 1. The zero-order valence-electron chi connectivity index (χ0n) is 24.7. The Bertz CT molecular complexity index is 1250. The minimum atomic E-state index is -1.40. The highest BCUT2D eigenvalue weighted by Gasteiger charge is 2.61. The van der Waals surface area contributed by atoms with Crippen LogP contribution in [0.2, 0.25) is 0 Å². The fourth-order valence-corrected chi connectivity index (χ4v) is 6.36. The van der Waals surface area contributed by atoms with Crippen LogP contribution < -0.4 is 10.6 Å². The fraction of sp³-hybridized carbons (Fsp3) is 0.594. The molecular formula is C32H42N4O7. The first-order valence-corrected chi connectivity index (χ1v) is 15.5. The van der Waals surface area contributed by atoms with E-state index in [9.17, 15) is 24.3 Å². The summed E-state index contributed by atoms with van der Waals surface area (Å²) in [5.41, 5.74) is 0.129. The van der Waals surface area contributed by atoms with Crippen molar-refractivity contribution < 1.29 is 33.9 Å². The number of carboxylic acid groups (broad SMARTS) is 1. The van der Waals surface area contributed by atoms with E-state index >= 15 is 0 Å². The van der Waals surface area contributed by atoms with Crippen LogP contribution in [-0.4, -0.2) is 76.0 Å². The molecule has 11 heteroatoms. The first-order valence-electron chi connectivity index (χ1n) is 15.5. The van der Waals surface area contributed by atoms with E-state index in [2.05, 4.69) is 15.8 Å². The number of amides is 3. The van der Waals surface area contributed by atoms with Crippen molar-refractivity contribution in [2.24, 2.45) is 11.1 Å². The zero-order chi connectivity index (χ0) is 30.4. The number of oxime groups is 1. The van der Waals surface area contributed by atoms with E-state index in [1.54, 1.807) is 0 Å². The molecule has 0 spiro atoms. The first kappa shape index (κ1) is 30.6. The number of rotatable bonds is 6. The van der Waals surface area contributed by atoms with Crippen molar-refractivity contribution in [3.05, 3.63) is 48.0 Å². The van der Waals surface area contributed by atoms with Crippen LogP contribution in [0.1, 0.15) is 83.1 Å². The number of alkyl carbamates (subject to hydrolysis) is 1. The third-order valence-electron chi connectivity index (χ3n) is 9.02. The highest BCUT2D eigenvalue weighted by atomic mass is 16.6. The molecule has 1 aromatic rings. The summed E-state index contributed by atoms with van der Waals surface area (Å²) in [4.78, 5) is 60.1. The molecule has 232 valence electrons. The highest BCUT2D eigenvalue weighted by molar-refractivity contribution is 5.98. The van der Waals surface area contributed by atoms with Crippen LogP contribution in [0, 0.1) is 5.92 Å². The van der Waals surface area contributed by atoms with Gasteiger partial charge < -0.3 is 30.2 Å². The lowest BCUT2D eigenvalue weighted by Gasteiger charge is -2.29. The predicted octanol–water partition coefficient (Wildman–Crippen LogP) is 3.91. The molecule has 2 aliphatic carbocycles. The Morgan fingerprint density at radius 1 is 1.05 bits per heavy atom. The van der Waals surface area contributed by atoms with Gasteiger partial charge in [0.2, 0.25) is 11.8 Å². The van der Waals surface area contributed by atoms with Gasteiger partial charge in [0.05, 0.1) is 12.3 Å². The standard InChI is InChI=1S/C32H42N4O7/c1-21(22-12-6-5-7-13-22)35-43-25-18-27-28(37)34-32(30(39)40)19-23(32)14-8-3-2-4-9-17-26(29(38)36(27)20-25)33-31(41)42-24-15-10-11-16-24/h5-8,12-14,23-27H,2-4,9-11,15-20H2,1H3,(H,33,41)(H,34,37)(H,39,40)/b14-8-,35-21+/t23-,25-,26+,27+,32-/m1/s1. The Hall–Kier alpha value is -3.89. The smallest absolute Gasteiger partial charge is 0.408 e. The van der Waals surface area contributed by atoms with Crippen molar-refractivity contribution in [3.63, 3.8) is 0 Å². The van der Waals surface area contributed by atoms with Gasteiger partial charge >= 0.3 is 12.1 Å². The minimum absolute atomic E-state index is 0.0712. The molecule has 3 amide bonds. The molecule has 4 aliphatic rings. The third kappa shape index (κ3) is 7.37. The maximum Gasteiger partial charge on any atom is 0.408 e. The number of ether oxygens (including phenoxy) is 1. The van der Waals surface area contributed by atoms with Gasteiger partial charge in [-0.25, -0.2) is 9.59 Å². The number of carbonyl (C=O) groups is 4. The van der Waals surface area contributed by atoms with Crippen molar-refractivity contribution in [3.8, 4) is 0 Å². The first-order chi connectivity index (χ1) is 20.8. The van der Waals surface area contributed by atoms with E-state index in [0.717, 1.165) is 50.5 Å². The largest absolute Gasteiger partial charge is 0.479 e. The quantitative estimate of drug-likeness (QED) is 0.257. The van der Waals surface area contributed by atoms with Crippen molar-refractivity contribution in [1.29, 1.82) is 0 Å². The van der Waals surface area contributed by atoms with E-state index in [4.69, 9.17) is 9.57 Å². The number of nitrogens with one attached hydrogen (secondary N) is 2. The van der Waals surface area contributed by atoms with E-state index < -0.39 is 47.6 Å².